The quantitative estimate of drug-likeness (QED) is 0.831. The van der Waals surface area contributed by atoms with Crippen LogP contribution < -0.4 is 0 Å². The summed E-state index contributed by atoms with van der Waals surface area (Å²) in [7, 11) is 0. The van der Waals surface area contributed by atoms with Gasteiger partial charge in [-0.05, 0) is 25.9 Å². The van der Waals surface area contributed by atoms with Gasteiger partial charge in [0.05, 0.1) is 6.54 Å². The van der Waals surface area contributed by atoms with E-state index in [1.165, 1.54) is 31.8 Å². The third kappa shape index (κ3) is 3.70. The fourth-order valence-electron chi connectivity index (χ4n) is 3.86. The zero-order chi connectivity index (χ0) is 15.4. The van der Waals surface area contributed by atoms with E-state index in [0.29, 0.717) is 12.0 Å². The Morgan fingerprint density at radius 3 is 2.73 bits per heavy atom. The van der Waals surface area contributed by atoms with Gasteiger partial charge in [0.1, 0.15) is 5.82 Å². The molecule has 5 heteroatoms. The first-order valence-corrected chi connectivity index (χ1v) is 8.84. The fourth-order valence-corrected chi connectivity index (χ4v) is 3.86. The van der Waals surface area contributed by atoms with Crippen molar-refractivity contribution in [2.45, 2.75) is 45.8 Å². The van der Waals surface area contributed by atoms with Crippen molar-refractivity contribution < 1.29 is 4.74 Å². The lowest BCUT2D eigenvalue weighted by Gasteiger charge is -2.35. The number of nitrogens with zero attached hydrogens (tertiary/aromatic N) is 4. The molecule has 5 nitrogen and oxygen atoms in total. The van der Waals surface area contributed by atoms with Crippen molar-refractivity contribution in [2.24, 2.45) is 5.92 Å². The van der Waals surface area contributed by atoms with E-state index in [1.807, 2.05) is 6.20 Å². The molecule has 3 heterocycles. The molecule has 1 aromatic rings. The zero-order valence-corrected chi connectivity index (χ0v) is 14.1. The number of ether oxygens (including phenoxy) is 1. The molecule has 0 spiro atoms. The van der Waals surface area contributed by atoms with Crippen LogP contribution in [-0.4, -0.2) is 64.8 Å². The highest BCUT2D eigenvalue weighted by molar-refractivity contribution is 4.97. The average molecular weight is 306 g/mol. The third-order valence-electron chi connectivity index (χ3n) is 5.21. The van der Waals surface area contributed by atoms with Gasteiger partial charge in [0.15, 0.2) is 0 Å². The topological polar surface area (TPSA) is 33.5 Å². The van der Waals surface area contributed by atoms with Crippen LogP contribution in [0.2, 0.25) is 0 Å². The Balaban J connectivity index is 1.73. The second-order valence-corrected chi connectivity index (χ2v) is 6.62. The van der Waals surface area contributed by atoms with Crippen LogP contribution >= 0.6 is 0 Å². The molecule has 124 valence electrons. The molecule has 1 aromatic heterocycles. The summed E-state index contributed by atoms with van der Waals surface area (Å²) in [5.41, 5.74) is 0. The summed E-state index contributed by atoms with van der Waals surface area (Å²) in [5, 5.41) is 0. The van der Waals surface area contributed by atoms with Gasteiger partial charge in [0, 0.05) is 57.2 Å². The Hall–Kier alpha value is -0.910. The molecule has 0 radical (unpaired) electrons. The molecule has 3 rings (SSSR count). The molecule has 0 aromatic carbocycles. The normalized spacial score (nSPS) is 24.4. The third-order valence-corrected chi connectivity index (χ3v) is 5.21. The largest absolute Gasteiger partial charge is 0.381 e. The molecule has 0 N–H and O–H groups in total. The van der Waals surface area contributed by atoms with E-state index in [-0.39, 0.29) is 0 Å². The number of imidazole rings is 1. The summed E-state index contributed by atoms with van der Waals surface area (Å²) in [6.07, 6.45) is 6.44. The van der Waals surface area contributed by atoms with Crippen molar-refractivity contribution in [1.29, 1.82) is 0 Å². The number of hydrogen-bond acceptors (Lipinski definition) is 4. The lowest BCUT2D eigenvalue weighted by molar-refractivity contribution is 0.0239. The lowest BCUT2D eigenvalue weighted by Crippen LogP contribution is -2.43. The lowest BCUT2D eigenvalue weighted by atomic mass is 10.0. The number of rotatable bonds is 5. The molecule has 0 unspecified atom stereocenters. The molecular formula is C17H30N4O. The van der Waals surface area contributed by atoms with E-state index in [2.05, 4.69) is 39.4 Å². The predicted molar refractivity (Wildman–Crippen MR) is 87.8 cm³/mol. The molecule has 0 bridgehead atoms. The Bertz CT molecular complexity index is 451. The number of aromatic nitrogens is 2. The van der Waals surface area contributed by atoms with E-state index in [0.717, 1.165) is 39.4 Å². The summed E-state index contributed by atoms with van der Waals surface area (Å²) in [5.74, 6) is 1.91. The first kappa shape index (κ1) is 16.0. The van der Waals surface area contributed by atoms with Gasteiger partial charge in [-0.25, -0.2) is 4.98 Å². The van der Waals surface area contributed by atoms with Crippen LogP contribution in [-0.2, 0) is 17.8 Å². The van der Waals surface area contributed by atoms with E-state index in [4.69, 9.17) is 4.74 Å². The van der Waals surface area contributed by atoms with Crippen molar-refractivity contribution in [3.05, 3.63) is 18.2 Å². The summed E-state index contributed by atoms with van der Waals surface area (Å²) < 4.78 is 7.92. The summed E-state index contributed by atoms with van der Waals surface area (Å²) >= 11 is 0. The standard InChI is InChI=1S/C17H30N4O/c1-3-19(4-2)11-15-12-20-8-7-18-17(20)14-21(13-15)16-5-9-22-10-6-16/h7-8,15-16H,3-6,9-14H2,1-2H3/t15-/m0/s1. The van der Waals surface area contributed by atoms with Gasteiger partial charge in [-0.2, -0.15) is 0 Å². The smallest absolute Gasteiger partial charge is 0.122 e. The molecule has 1 saturated heterocycles. The minimum Gasteiger partial charge on any atom is -0.381 e. The van der Waals surface area contributed by atoms with Gasteiger partial charge in [-0.1, -0.05) is 13.8 Å². The molecule has 0 aliphatic carbocycles. The van der Waals surface area contributed by atoms with Crippen LogP contribution in [0.4, 0.5) is 0 Å². The second-order valence-electron chi connectivity index (χ2n) is 6.62. The summed E-state index contributed by atoms with van der Waals surface area (Å²) in [6.45, 7) is 13.1. The predicted octanol–water partition coefficient (Wildman–Crippen LogP) is 1.84. The second kappa shape index (κ2) is 7.57. The van der Waals surface area contributed by atoms with Gasteiger partial charge in [0.25, 0.3) is 0 Å². The van der Waals surface area contributed by atoms with E-state index < -0.39 is 0 Å². The molecule has 1 atom stereocenters. The van der Waals surface area contributed by atoms with Crippen LogP contribution in [0.25, 0.3) is 0 Å². The first-order valence-electron chi connectivity index (χ1n) is 8.84. The van der Waals surface area contributed by atoms with Crippen molar-refractivity contribution in [1.82, 2.24) is 19.4 Å². The number of fused-ring (bicyclic) bond motifs is 1. The van der Waals surface area contributed by atoms with E-state index in [1.54, 1.807) is 0 Å². The Labute approximate surface area is 134 Å². The van der Waals surface area contributed by atoms with Crippen molar-refractivity contribution in [3.63, 3.8) is 0 Å². The molecule has 2 aliphatic rings. The van der Waals surface area contributed by atoms with Gasteiger partial charge in [-0.15, -0.1) is 0 Å². The molecule has 2 aliphatic heterocycles. The molecule has 0 amide bonds. The molecular weight excluding hydrogens is 276 g/mol. The molecule has 0 saturated carbocycles. The maximum Gasteiger partial charge on any atom is 0.122 e. The van der Waals surface area contributed by atoms with Gasteiger partial charge >= 0.3 is 0 Å². The van der Waals surface area contributed by atoms with Crippen LogP contribution in [0.3, 0.4) is 0 Å². The van der Waals surface area contributed by atoms with Crippen molar-refractivity contribution >= 4 is 0 Å². The highest BCUT2D eigenvalue weighted by Crippen LogP contribution is 2.23. The van der Waals surface area contributed by atoms with Crippen LogP contribution in [0.1, 0.15) is 32.5 Å². The Morgan fingerprint density at radius 2 is 2.00 bits per heavy atom. The summed E-state index contributed by atoms with van der Waals surface area (Å²) in [4.78, 5) is 9.81. The van der Waals surface area contributed by atoms with Gasteiger partial charge in [-0.3, -0.25) is 4.90 Å². The van der Waals surface area contributed by atoms with E-state index >= 15 is 0 Å². The minimum atomic E-state index is 0.663. The maximum atomic E-state index is 5.55. The van der Waals surface area contributed by atoms with Crippen molar-refractivity contribution in [3.8, 4) is 0 Å². The van der Waals surface area contributed by atoms with E-state index in [9.17, 15) is 0 Å². The zero-order valence-electron chi connectivity index (χ0n) is 14.1. The molecule has 1 fully saturated rings. The first-order chi connectivity index (χ1) is 10.8. The SMILES string of the molecule is CCN(CC)C[C@@H]1CN(C2CCOCC2)Cc2nccn2C1. The monoisotopic (exact) mass is 306 g/mol. The Morgan fingerprint density at radius 1 is 1.23 bits per heavy atom. The highest BCUT2D eigenvalue weighted by Gasteiger charge is 2.29. The van der Waals surface area contributed by atoms with Crippen LogP contribution in [0.5, 0.6) is 0 Å². The van der Waals surface area contributed by atoms with Crippen molar-refractivity contribution in [2.75, 3.05) is 39.4 Å². The Kier molecular flexibility index (Phi) is 5.50. The summed E-state index contributed by atoms with van der Waals surface area (Å²) in [6, 6.07) is 0.663. The van der Waals surface area contributed by atoms with Crippen LogP contribution in [0.15, 0.2) is 12.4 Å². The molecule has 22 heavy (non-hydrogen) atoms. The van der Waals surface area contributed by atoms with Gasteiger partial charge < -0.3 is 14.2 Å². The highest BCUT2D eigenvalue weighted by atomic mass is 16.5. The fraction of sp³-hybridized carbons (Fsp3) is 0.824. The maximum absolute atomic E-state index is 5.55. The number of hydrogen-bond donors (Lipinski definition) is 0. The average Bonchev–Trinajstić information content (AvgIpc) is 2.92. The minimum absolute atomic E-state index is 0.663. The van der Waals surface area contributed by atoms with Crippen LogP contribution in [0, 0.1) is 5.92 Å². The van der Waals surface area contributed by atoms with Gasteiger partial charge in [0.2, 0.25) is 0 Å².